The van der Waals surface area contributed by atoms with E-state index < -0.39 is 5.56 Å². The predicted octanol–water partition coefficient (Wildman–Crippen LogP) is 4.53. The van der Waals surface area contributed by atoms with E-state index in [1.165, 1.54) is 0 Å². The van der Waals surface area contributed by atoms with Gasteiger partial charge in [-0.15, -0.1) is 0 Å². The SMILES string of the molecule is Cc1cccc(-c2nc3oc4ccccc4c(=O)c3c(=O)n2Cc2ccccc2)c1. The van der Waals surface area contributed by atoms with Gasteiger partial charge >= 0.3 is 0 Å². The van der Waals surface area contributed by atoms with Crippen molar-refractivity contribution in [3.05, 3.63) is 111 Å². The Morgan fingerprint density at radius 2 is 1.67 bits per heavy atom. The number of aromatic nitrogens is 2. The van der Waals surface area contributed by atoms with E-state index >= 15 is 0 Å². The zero-order valence-corrected chi connectivity index (χ0v) is 16.3. The first-order valence-corrected chi connectivity index (χ1v) is 9.69. The standard InChI is InChI=1S/C25H18N2O3/c1-16-8-7-11-18(14-16)23-26-24-21(22(28)19-12-5-6-13-20(19)30-24)25(29)27(23)15-17-9-3-2-4-10-17/h2-14H,15H2,1H3. The molecule has 0 N–H and O–H groups in total. The second-order valence-electron chi connectivity index (χ2n) is 7.29. The third-order valence-electron chi connectivity index (χ3n) is 5.16. The van der Waals surface area contributed by atoms with Crippen LogP contribution in [0.2, 0.25) is 0 Å². The Morgan fingerprint density at radius 3 is 2.47 bits per heavy atom. The molecule has 3 aromatic carbocycles. The molecule has 5 aromatic rings. The fourth-order valence-corrected chi connectivity index (χ4v) is 3.70. The molecule has 30 heavy (non-hydrogen) atoms. The van der Waals surface area contributed by atoms with E-state index in [0.717, 1.165) is 16.7 Å². The maximum absolute atomic E-state index is 13.5. The number of aryl methyl sites for hydroxylation is 1. The molecule has 0 spiro atoms. The Morgan fingerprint density at radius 1 is 0.900 bits per heavy atom. The molecule has 5 heteroatoms. The third-order valence-corrected chi connectivity index (χ3v) is 5.16. The number of benzene rings is 3. The van der Waals surface area contributed by atoms with Crippen LogP contribution in [0, 0.1) is 6.92 Å². The summed E-state index contributed by atoms with van der Waals surface area (Å²) in [5, 5.41) is 0.347. The van der Waals surface area contributed by atoms with Crippen LogP contribution in [0.25, 0.3) is 33.5 Å². The number of rotatable bonds is 3. The topological polar surface area (TPSA) is 65.1 Å². The lowest BCUT2D eigenvalue weighted by Crippen LogP contribution is -2.28. The van der Waals surface area contributed by atoms with Crippen molar-refractivity contribution in [2.45, 2.75) is 13.5 Å². The van der Waals surface area contributed by atoms with E-state index in [1.807, 2.05) is 61.5 Å². The minimum absolute atomic E-state index is 0.0268. The number of nitrogens with zero attached hydrogens (tertiary/aromatic N) is 2. The van der Waals surface area contributed by atoms with Gasteiger partial charge in [0.1, 0.15) is 11.4 Å². The van der Waals surface area contributed by atoms with Gasteiger partial charge in [0.25, 0.3) is 5.56 Å². The summed E-state index contributed by atoms with van der Waals surface area (Å²) in [6.07, 6.45) is 0. The first kappa shape index (κ1) is 18.1. The lowest BCUT2D eigenvalue weighted by Gasteiger charge is -2.14. The number of hydrogen-bond donors (Lipinski definition) is 0. The molecular formula is C25H18N2O3. The molecule has 2 aromatic heterocycles. The van der Waals surface area contributed by atoms with E-state index in [4.69, 9.17) is 4.42 Å². The van der Waals surface area contributed by atoms with Gasteiger partial charge in [-0.05, 0) is 30.7 Å². The minimum Gasteiger partial charge on any atom is -0.437 e. The summed E-state index contributed by atoms with van der Waals surface area (Å²) in [5.74, 6) is 0.471. The van der Waals surface area contributed by atoms with Crippen molar-refractivity contribution < 1.29 is 4.42 Å². The molecular weight excluding hydrogens is 376 g/mol. The van der Waals surface area contributed by atoms with Crippen molar-refractivity contribution in [3.8, 4) is 11.4 Å². The molecule has 0 aliphatic carbocycles. The smallest absolute Gasteiger partial charge is 0.269 e. The van der Waals surface area contributed by atoms with E-state index in [9.17, 15) is 9.59 Å². The summed E-state index contributed by atoms with van der Waals surface area (Å²) in [7, 11) is 0. The average Bonchev–Trinajstić information content (AvgIpc) is 2.76. The highest BCUT2D eigenvalue weighted by Gasteiger charge is 2.19. The van der Waals surface area contributed by atoms with Crippen molar-refractivity contribution in [1.29, 1.82) is 0 Å². The predicted molar refractivity (Wildman–Crippen MR) is 118 cm³/mol. The quantitative estimate of drug-likeness (QED) is 0.422. The largest absolute Gasteiger partial charge is 0.437 e. The van der Waals surface area contributed by atoms with Gasteiger partial charge in [0, 0.05) is 5.56 Å². The lowest BCUT2D eigenvalue weighted by atomic mass is 10.1. The van der Waals surface area contributed by atoms with Gasteiger partial charge in [-0.25, -0.2) is 0 Å². The normalized spacial score (nSPS) is 11.2. The highest BCUT2D eigenvalue weighted by Crippen LogP contribution is 2.22. The number of para-hydroxylation sites is 1. The van der Waals surface area contributed by atoms with Crippen LogP contribution in [0.5, 0.6) is 0 Å². The van der Waals surface area contributed by atoms with Crippen LogP contribution in [-0.2, 0) is 6.54 Å². The van der Waals surface area contributed by atoms with Gasteiger partial charge < -0.3 is 4.42 Å². The second kappa shape index (κ2) is 7.12. The maximum Gasteiger partial charge on any atom is 0.269 e. The molecule has 0 radical (unpaired) electrons. The molecule has 5 rings (SSSR count). The van der Waals surface area contributed by atoms with E-state index in [1.54, 1.807) is 28.8 Å². The molecule has 0 aliphatic rings. The first-order chi connectivity index (χ1) is 14.6. The molecule has 0 atom stereocenters. The van der Waals surface area contributed by atoms with E-state index in [2.05, 4.69) is 4.98 Å². The molecule has 146 valence electrons. The average molecular weight is 394 g/mol. The number of hydrogen-bond acceptors (Lipinski definition) is 4. The summed E-state index contributed by atoms with van der Waals surface area (Å²) in [6.45, 7) is 2.29. The van der Waals surface area contributed by atoms with Gasteiger partial charge in [-0.1, -0.05) is 66.2 Å². The maximum atomic E-state index is 13.5. The van der Waals surface area contributed by atoms with Crippen LogP contribution in [0.4, 0.5) is 0 Å². The Kier molecular flexibility index (Phi) is 4.29. The first-order valence-electron chi connectivity index (χ1n) is 9.69. The van der Waals surface area contributed by atoms with Crippen LogP contribution in [0.3, 0.4) is 0 Å². The molecule has 0 unspecified atom stereocenters. The lowest BCUT2D eigenvalue weighted by molar-refractivity contribution is 0.635. The van der Waals surface area contributed by atoms with Crippen molar-refractivity contribution in [1.82, 2.24) is 9.55 Å². The molecule has 0 saturated carbocycles. The molecule has 0 fully saturated rings. The van der Waals surface area contributed by atoms with E-state index in [-0.39, 0.29) is 16.5 Å². The summed E-state index contributed by atoms with van der Waals surface area (Å²) in [6, 6.07) is 24.3. The van der Waals surface area contributed by atoms with Crippen LogP contribution in [0.1, 0.15) is 11.1 Å². The molecule has 2 heterocycles. The van der Waals surface area contributed by atoms with Crippen molar-refractivity contribution >= 4 is 22.1 Å². The highest BCUT2D eigenvalue weighted by molar-refractivity contribution is 5.88. The summed E-state index contributed by atoms with van der Waals surface area (Å²) >= 11 is 0. The van der Waals surface area contributed by atoms with E-state index in [0.29, 0.717) is 23.3 Å². The van der Waals surface area contributed by atoms with Crippen molar-refractivity contribution in [2.24, 2.45) is 0 Å². The van der Waals surface area contributed by atoms with Crippen LogP contribution in [-0.4, -0.2) is 9.55 Å². The highest BCUT2D eigenvalue weighted by atomic mass is 16.3. The van der Waals surface area contributed by atoms with Crippen LogP contribution >= 0.6 is 0 Å². The third kappa shape index (κ3) is 3.01. The molecule has 5 nitrogen and oxygen atoms in total. The van der Waals surface area contributed by atoms with Gasteiger partial charge in [0.15, 0.2) is 5.39 Å². The Hall–Kier alpha value is -3.99. The summed E-state index contributed by atoms with van der Waals surface area (Å²) in [5.41, 5.74) is 2.50. The molecule has 0 aliphatic heterocycles. The molecule has 0 amide bonds. The summed E-state index contributed by atoms with van der Waals surface area (Å²) < 4.78 is 7.43. The van der Waals surface area contributed by atoms with Crippen molar-refractivity contribution in [3.63, 3.8) is 0 Å². The van der Waals surface area contributed by atoms with Gasteiger partial charge in [-0.2, -0.15) is 4.98 Å². The van der Waals surface area contributed by atoms with Crippen molar-refractivity contribution in [2.75, 3.05) is 0 Å². The minimum atomic E-state index is -0.403. The van der Waals surface area contributed by atoms with Gasteiger partial charge in [0.05, 0.1) is 11.9 Å². The zero-order chi connectivity index (χ0) is 20.7. The Labute approximate surface area is 171 Å². The van der Waals surface area contributed by atoms with Gasteiger partial charge in [-0.3, -0.25) is 14.2 Å². The zero-order valence-electron chi connectivity index (χ0n) is 16.3. The Balaban J connectivity index is 1.88. The number of fused-ring (bicyclic) bond motifs is 2. The van der Waals surface area contributed by atoms with Gasteiger partial charge in [0.2, 0.25) is 11.1 Å². The monoisotopic (exact) mass is 394 g/mol. The van der Waals surface area contributed by atoms with Crippen LogP contribution < -0.4 is 11.0 Å². The summed E-state index contributed by atoms with van der Waals surface area (Å²) in [4.78, 5) is 31.3. The second-order valence-corrected chi connectivity index (χ2v) is 7.29. The molecule has 0 bridgehead atoms. The fraction of sp³-hybridized carbons (Fsp3) is 0.0800. The Bertz CT molecular complexity index is 1520. The molecule has 0 saturated heterocycles. The van der Waals surface area contributed by atoms with Crippen LogP contribution in [0.15, 0.2) is 92.9 Å². The fourth-order valence-electron chi connectivity index (χ4n) is 3.70.